The van der Waals surface area contributed by atoms with E-state index in [0.717, 1.165) is 19.3 Å². The first kappa shape index (κ1) is 23.0. The smallest absolute Gasteiger partial charge is 0.450 e. The van der Waals surface area contributed by atoms with Crippen LogP contribution in [0.4, 0.5) is 4.79 Å². The van der Waals surface area contributed by atoms with Crippen LogP contribution in [0.1, 0.15) is 110 Å². The van der Waals surface area contributed by atoms with Crippen molar-refractivity contribution in [1.29, 1.82) is 0 Å². The molecule has 0 fully saturated rings. The van der Waals surface area contributed by atoms with Crippen LogP contribution >= 0.6 is 0 Å². The maximum Gasteiger partial charge on any atom is 0.506 e. The highest BCUT2D eigenvalue weighted by molar-refractivity contribution is 5.57. The molecular formula is C21H40O3. The lowest BCUT2D eigenvalue weighted by Gasteiger charge is -2.13. The van der Waals surface area contributed by atoms with E-state index in [1.807, 2.05) is 6.92 Å². The van der Waals surface area contributed by atoms with Gasteiger partial charge in [-0.05, 0) is 44.9 Å². The maximum absolute atomic E-state index is 10.5. The van der Waals surface area contributed by atoms with E-state index in [0.29, 0.717) is 0 Å². The van der Waals surface area contributed by atoms with Crippen LogP contribution in [0.2, 0.25) is 0 Å². The molecule has 0 radical (unpaired) electrons. The molecule has 3 nitrogen and oxygen atoms in total. The molecule has 0 saturated carbocycles. The van der Waals surface area contributed by atoms with Crippen LogP contribution in [0, 0.1) is 0 Å². The van der Waals surface area contributed by atoms with Crippen LogP contribution in [0.5, 0.6) is 0 Å². The van der Waals surface area contributed by atoms with Crippen LogP contribution in [0.3, 0.4) is 0 Å². The lowest BCUT2D eigenvalue weighted by atomic mass is 10.1. The molecule has 0 aliphatic heterocycles. The van der Waals surface area contributed by atoms with Crippen molar-refractivity contribution in [3.8, 4) is 0 Å². The number of allylic oxidation sites excluding steroid dienone is 2. The first-order valence-corrected chi connectivity index (χ1v) is 10.2. The molecule has 0 aliphatic carbocycles. The Morgan fingerprint density at radius 3 is 1.83 bits per heavy atom. The van der Waals surface area contributed by atoms with Crippen molar-refractivity contribution in [3.63, 3.8) is 0 Å². The molecule has 1 unspecified atom stereocenters. The Bertz CT molecular complexity index is 299. The van der Waals surface area contributed by atoms with Crippen LogP contribution in [-0.2, 0) is 4.74 Å². The summed E-state index contributed by atoms with van der Waals surface area (Å²) in [5.41, 5.74) is 0. The molecule has 0 aliphatic rings. The quantitative estimate of drug-likeness (QED) is 0.169. The number of hydrogen-bond acceptors (Lipinski definition) is 2. The van der Waals surface area contributed by atoms with Crippen molar-refractivity contribution in [2.45, 2.75) is 116 Å². The summed E-state index contributed by atoms with van der Waals surface area (Å²) in [4.78, 5) is 10.5. The highest BCUT2D eigenvalue weighted by Gasteiger charge is 2.10. The van der Waals surface area contributed by atoms with Gasteiger partial charge in [0.05, 0.1) is 0 Å². The maximum atomic E-state index is 10.5. The molecule has 0 spiro atoms. The lowest BCUT2D eigenvalue weighted by molar-refractivity contribution is 0.0454. The second kappa shape index (κ2) is 18.4. The Hall–Kier alpha value is -0.990. The van der Waals surface area contributed by atoms with E-state index in [4.69, 9.17) is 9.84 Å². The minimum Gasteiger partial charge on any atom is -0.450 e. The first-order chi connectivity index (χ1) is 11.7. The molecule has 0 amide bonds. The third-order valence-corrected chi connectivity index (χ3v) is 4.51. The predicted molar refractivity (Wildman–Crippen MR) is 103 cm³/mol. The molecule has 0 saturated heterocycles. The summed E-state index contributed by atoms with van der Waals surface area (Å²) in [5, 5.41) is 8.61. The average Bonchev–Trinajstić information content (AvgIpc) is 2.56. The van der Waals surface area contributed by atoms with Gasteiger partial charge in [0.25, 0.3) is 0 Å². The number of carbonyl (C=O) groups is 1. The van der Waals surface area contributed by atoms with Gasteiger partial charge in [-0.1, -0.05) is 77.4 Å². The van der Waals surface area contributed by atoms with Crippen LogP contribution in [0.25, 0.3) is 0 Å². The van der Waals surface area contributed by atoms with Crippen LogP contribution < -0.4 is 0 Å². The van der Waals surface area contributed by atoms with E-state index in [9.17, 15) is 4.79 Å². The Morgan fingerprint density at radius 1 is 0.833 bits per heavy atom. The number of hydrogen-bond donors (Lipinski definition) is 1. The van der Waals surface area contributed by atoms with E-state index < -0.39 is 6.16 Å². The van der Waals surface area contributed by atoms with E-state index in [2.05, 4.69) is 19.1 Å². The van der Waals surface area contributed by atoms with Crippen molar-refractivity contribution in [3.05, 3.63) is 12.2 Å². The zero-order valence-electron chi connectivity index (χ0n) is 16.1. The van der Waals surface area contributed by atoms with Crippen molar-refractivity contribution < 1.29 is 14.6 Å². The molecule has 1 N–H and O–H groups in total. The van der Waals surface area contributed by atoms with E-state index in [-0.39, 0.29) is 6.10 Å². The predicted octanol–water partition coefficient (Wildman–Crippen LogP) is 7.50. The number of unbranched alkanes of at least 4 members (excludes halogenated alkanes) is 11. The topological polar surface area (TPSA) is 46.5 Å². The number of carboxylic acid groups (broad SMARTS) is 1. The summed E-state index contributed by atoms with van der Waals surface area (Å²) in [6, 6.07) is 0. The first-order valence-electron chi connectivity index (χ1n) is 10.2. The van der Waals surface area contributed by atoms with Crippen LogP contribution in [0.15, 0.2) is 12.2 Å². The summed E-state index contributed by atoms with van der Waals surface area (Å²) < 4.78 is 4.83. The van der Waals surface area contributed by atoms with E-state index >= 15 is 0 Å². The minimum atomic E-state index is -1.14. The molecule has 0 aromatic heterocycles. The van der Waals surface area contributed by atoms with Gasteiger partial charge >= 0.3 is 6.16 Å². The summed E-state index contributed by atoms with van der Waals surface area (Å²) in [6.07, 6.45) is 21.8. The summed E-state index contributed by atoms with van der Waals surface area (Å²) in [7, 11) is 0. The summed E-state index contributed by atoms with van der Waals surface area (Å²) >= 11 is 0. The third kappa shape index (κ3) is 17.4. The molecule has 0 bridgehead atoms. The Kier molecular flexibility index (Phi) is 17.6. The summed E-state index contributed by atoms with van der Waals surface area (Å²) in [6.45, 7) is 4.24. The third-order valence-electron chi connectivity index (χ3n) is 4.51. The second-order valence-electron chi connectivity index (χ2n) is 6.79. The van der Waals surface area contributed by atoms with Gasteiger partial charge in [0.15, 0.2) is 0 Å². The molecule has 3 heteroatoms. The highest BCUT2D eigenvalue weighted by atomic mass is 16.7. The zero-order chi connectivity index (χ0) is 17.9. The Morgan fingerprint density at radius 2 is 1.33 bits per heavy atom. The van der Waals surface area contributed by atoms with Gasteiger partial charge in [-0.3, -0.25) is 0 Å². The lowest BCUT2D eigenvalue weighted by Crippen LogP contribution is -2.15. The SMILES string of the molecule is CCCCCCCC/C=C\CCCCCCCC(CC)OC(=O)O. The number of ether oxygens (including phenoxy) is 1. The number of rotatable bonds is 17. The van der Waals surface area contributed by atoms with Crippen molar-refractivity contribution in [1.82, 2.24) is 0 Å². The van der Waals surface area contributed by atoms with Crippen molar-refractivity contribution in [2.75, 3.05) is 0 Å². The van der Waals surface area contributed by atoms with Crippen molar-refractivity contribution >= 4 is 6.16 Å². The molecule has 24 heavy (non-hydrogen) atoms. The monoisotopic (exact) mass is 340 g/mol. The average molecular weight is 341 g/mol. The highest BCUT2D eigenvalue weighted by Crippen LogP contribution is 2.13. The molecule has 0 rings (SSSR count). The largest absolute Gasteiger partial charge is 0.506 e. The fourth-order valence-electron chi connectivity index (χ4n) is 2.93. The van der Waals surface area contributed by atoms with Gasteiger partial charge in [-0.15, -0.1) is 0 Å². The molecule has 1 atom stereocenters. The van der Waals surface area contributed by atoms with E-state index in [1.54, 1.807) is 0 Å². The second-order valence-corrected chi connectivity index (χ2v) is 6.79. The standard InChI is InChI=1S/C21H40O3/c1-3-5-6-7-8-9-10-11-12-13-14-15-16-17-18-19-20(4-2)24-21(22)23/h11-12,20H,3-10,13-19H2,1-2H3,(H,22,23)/b12-11-. The van der Waals surface area contributed by atoms with Gasteiger partial charge in [0.1, 0.15) is 6.10 Å². The molecule has 0 aromatic rings. The molecular weight excluding hydrogens is 300 g/mol. The molecule has 142 valence electrons. The van der Waals surface area contributed by atoms with Gasteiger partial charge in [-0.2, -0.15) is 0 Å². The minimum absolute atomic E-state index is 0.118. The van der Waals surface area contributed by atoms with Gasteiger partial charge in [-0.25, -0.2) is 4.79 Å². The zero-order valence-corrected chi connectivity index (χ0v) is 16.1. The Labute approximate surface area is 149 Å². The van der Waals surface area contributed by atoms with Crippen molar-refractivity contribution in [2.24, 2.45) is 0 Å². The van der Waals surface area contributed by atoms with Gasteiger partial charge in [0, 0.05) is 0 Å². The molecule has 0 heterocycles. The fourth-order valence-corrected chi connectivity index (χ4v) is 2.93. The van der Waals surface area contributed by atoms with Crippen LogP contribution in [-0.4, -0.2) is 17.4 Å². The van der Waals surface area contributed by atoms with Gasteiger partial charge < -0.3 is 9.84 Å². The Balaban J connectivity index is 3.27. The fraction of sp³-hybridized carbons (Fsp3) is 0.857. The summed E-state index contributed by atoms with van der Waals surface area (Å²) in [5.74, 6) is 0. The van der Waals surface area contributed by atoms with E-state index in [1.165, 1.54) is 77.0 Å². The normalized spacial score (nSPS) is 12.6. The van der Waals surface area contributed by atoms with Gasteiger partial charge in [0.2, 0.25) is 0 Å². The molecule has 0 aromatic carbocycles.